The van der Waals surface area contributed by atoms with Crippen molar-refractivity contribution < 1.29 is 22.9 Å². The monoisotopic (exact) mass is 669 g/mol. The van der Waals surface area contributed by atoms with Crippen LogP contribution in [0.15, 0.2) is 52.5 Å². The van der Waals surface area contributed by atoms with Crippen molar-refractivity contribution in [1.82, 2.24) is 14.1 Å². The van der Waals surface area contributed by atoms with Gasteiger partial charge in [-0.05, 0) is 65.5 Å². The van der Waals surface area contributed by atoms with E-state index in [2.05, 4.69) is 15.4 Å². The number of sulfonamides is 1. The molecule has 14 heteroatoms. The Labute approximate surface area is 277 Å². The van der Waals surface area contributed by atoms with Crippen molar-refractivity contribution in [3.63, 3.8) is 0 Å². The number of amides is 2. The number of rotatable bonds is 13. The predicted molar refractivity (Wildman–Crippen MR) is 183 cm³/mol. The molecule has 0 radical (unpaired) electrons. The van der Waals surface area contributed by atoms with Crippen LogP contribution in [0, 0.1) is 22.0 Å². The molecular formula is C33H47N7O6S. The molecular weight excluding hydrogens is 622 g/mol. The smallest absolute Gasteiger partial charge is 0.270 e. The minimum atomic E-state index is -4.22. The molecule has 13 nitrogen and oxygen atoms in total. The molecule has 2 aliphatic heterocycles. The lowest BCUT2D eigenvalue weighted by Crippen LogP contribution is -2.46. The maximum absolute atomic E-state index is 14.0. The van der Waals surface area contributed by atoms with Crippen molar-refractivity contribution in [3.05, 3.63) is 58.1 Å². The Morgan fingerprint density at radius 3 is 2.15 bits per heavy atom. The molecule has 256 valence electrons. The van der Waals surface area contributed by atoms with Gasteiger partial charge in [0, 0.05) is 75.7 Å². The van der Waals surface area contributed by atoms with Crippen molar-refractivity contribution >= 4 is 45.1 Å². The predicted octanol–water partition coefficient (Wildman–Crippen LogP) is 4.39. The molecule has 4 rings (SSSR count). The summed E-state index contributed by atoms with van der Waals surface area (Å²) in [5.41, 5.74) is 4.22. The van der Waals surface area contributed by atoms with Gasteiger partial charge in [-0.25, -0.2) is 8.42 Å². The Hall–Kier alpha value is -4.04. The van der Waals surface area contributed by atoms with Gasteiger partial charge in [-0.3, -0.25) is 25.1 Å². The number of hydrogen-bond acceptors (Lipinski definition) is 9. The van der Waals surface area contributed by atoms with Gasteiger partial charge in [0.15, 0.2) is 0 Å². The fourth-order valence-corrected chi connectivity index (χ4v) is 8.16. The number of anilines is 2. The standard InChI is InChI=1S/C33H47N7O6S/c1-5-36(6-2)32(41)26-14-11-19-38(23-26)30-16-10-9-13-25(30)22-34-35-29-18-17-28(40(43)44)21-31(29)47(45,46)39-20-12-15-27(24-39)33(42)37(7-3)8-4/h9-10,13,16-18,21-22,26-27,35H,5-8,11-12,14-15,19-20,23-24H2,1-4H3/b34-22-/t26-,27-/m0/s1. The second-order valence-corrected chi connectivity index (χ2v) is 13.8. The van der Waals surface area contributed by atoms with E-state index >= 15 is 0 Å². The Bertz CT molecular complexity index is 1560. The average Bonchev–Trinajstić information content (AvgIpc) is 3.09. The van der Waals surface area contributed by atoms with Gasteiger partial charge in [-0.15, -0.1) is 0 Å². The third kappa shape index (κ3) is 8.28. The van der Waals surface area contributed by atoms with Crippen LogP contribution in [0.1, 0.15) is 58.9 Å². The summed E-state index contributed by atoms with van der Waals surface area (Å²) in [6.07, 6.45) is 4.38. The zero-order valence-corrected chi connectivity index (χ0v) is 28.6. The molecule has 47 heavy (non-hydrogen) atoms. The number of benzene rings is 2. The Morgan fingerprint density at radius 2 is 1.53 bits per heavy atom. The fourth-order valence-electron chi connectivity index (χ4n) is 6.47. The van der Waals surface area contributed by atoms with Crippen LogP contribution in [-0.4, -0.2) is 97.8 Å². The SMILES string of the molecule is CCN(CC)C(=O)[C@H]1CCCN(c2ccccc2/C=N\Nc2ccc([N+](=O)[O-])cc2S(=O)(=O)N2CCC[C@H](C(=O)N(CC)CC)C2)C1. The fraction of sp³-hybridized carbons (Fsp3) is 0.545. The van der Waals surface area contributed by atoms with Crippen molar-refractivity contribution in [1.29, 1.82) is 0 Å². The van der Waals surface area contributed by atoms with Crippen molar-refractivity contribution in [2.75, 3.05) is 62.7 Å². The molecule has 2 fully saturated rings. The van der Waals surface area contributed by atoms with Crippen molar-refractivity contribution in [2.24, 2.45) is 16.9 Å². The first-order valence-electron chi connectivity index (χ1n) is 16.5. The quantitative estimate of drug-likeness (QED) is 0.188. The van der Waals surface area contributed by atoms with Crippen LogP contribution in [0.4, 0.5) is 17.1 Å². The first-order chi connectivity index (χ1) is 22.5. The summed E-state index contributed by atoms with van der Waals surface area (Å²) in [5, 5.41) is 16.0. The number of nitrogens with zero attached hydrogens (tertiary/aromatic N) is 6. The van der Waals surface area contributed by atoms with E-state index in [1.807, 2.05) is 56.9 Å². The second kappa shape index (κ2) is 16.2. The molecule has 2 aliphatic rings. The summed E-state index contributed by atoms with van der Waals surface area (Å²) in [7, 11) is -4.22. The highest BCUT2D eigenvalue weighted by atomic mass is 32.2. The van der Waals surface area contributed by atoms with E-state index < -0.39 is 20.9 Å². The molecule has 0 saturated carbocycles. The molecule has 0 aromatic heterocycles. The summed E-state index contributed by atoms with van der Waals surface area (Å²) in [6, 6.07) is 11.3. The maximum Gasteiger partial charge on any atom is 0.270 e. The molecule has 2 aromatic carbocycles. The van der Waals surface area contributed by atoms with Gasteiger partial charge < -0.3 is 14.7 Å². The molecule has 0 spiro atoms. The molecule has 2 atom stereocenters. The molecule has 2 heterocycles. The summed E-state index contributed by atoms with van der Waals surface area (Å²) >= 11 is 0. The van der Waals surface area contributed by atoms with Gasteiger partial charge in [0.05, 0.1) is 28.7 Å². The van der Waals surface area contributed by atoms with Crippen molar-refractivity contribution in [3.8, 4) is 0 Å². The number of non-ortho nitro benzene ring substituents is 1. The molecule has 0 aliphatic carbocycles. The highest BCUT2D eigenvalue weighted by Crippen LogP contribution is 2.32. The van der Waals surface area contributed by atoms with Crippen LogP contribution >= 0.6 is 0 Å². The number of nitrogens with one attached hydrogen (secondary N) is 1. The number of hydrazone groups is 1. The summed E-state index contributed by atoms with van der Waals surface area (Å²) in [6.45, 7) is 11.7. The van der Waals surface area contributed by atoms with Crippen LogP contribution < -0.4 is 10.3 Å². The normalized spacial score (nSPS) is 19.0. The van der Waals surface area contributed by atoms with Crippen LogP contribution in [0.2, 0.25) is 0 Å². The first-order valence-corrected chi connectivity index (χ1v) is 18.0. The van der Waals surface area contributed by atoms with E-state index in [0.29, 0.717) is 45.6 Å². The highest BCUT2D eigenvalue weighted by molar-refractivity contribution is 7.89. The van der Waals surface area contributed by atoms with E-state index in [-0.39, 0.29) is 47.1 Å². The largest absolute Gasteiger partial charge is 0.370 e. The zero-order chi connectivity index (χ0) is 34.1. The summed E-state index contributed by atoms with van der Waals surface area (Å²) < 4.78 is 29.2. The number of carbonyl (C=O) groups excluding carboxylic acids is 2. The number of piperidine rings is 2. The second-order valence-electron chi connectivity index (χ2n) is 11.9. The van der Waals surface area contributed by atoms with E-state index in [0.717, 1.165) is 36.7 Å². The molecule has 2 aromatic rings. The summed E-state index contributed by atoms with van der Waals surface area (Å²) in [4.78, 5) is 42.6. The lowest BCUT2D eigenvalue weighted by atomic mass is 9.95. The van der Waals surface area contributed by atoms with Gasteiger partial charge in [-0.2, -0.15) is 9.41 Å². The van der Waals surface area contributed by atoms with Gasteiger partial charge in [-0.1, -0.05) is 18.2 Å². The van der Waals surface area contributed by atoms with E-state index in [9.17, 15) is 28.1 Å². The maximum atomic E-state index is 14.0. The zero-order valence-electron chi connectivity index (χ0n) is 27.8. The number of nitro groups is 1. The molecule has 2 amide bonds. The van der Waals surface area contributed by atoms with E-state index in [1.165, 1.54) is 16.4 Å². The van der Waals surface area contributed by atoms with Crippen molar-refractivity contribution in [2.45, 2.75) is 58.3 Å². The molecule has 1 N–H and O–H groups in total. The number of para-hydroxylation sites is 1. The first kappa shape index (κ1) is 35.8. The van der Waals surface area contributed by atoms with Crippen LogP contribution in [0.5, 0.6) is 0 Å². The van der Waals surface area contributed by atoms with E-state index in [4.69, 9.17) is 0 Å². The van der Waals surface area contributed by atoms with Gasteiger partial charge in [0.2, 0.25) is 21.8 Å². The minimum absolute atomic E-state index is 0.00401. The Balaban J connectivity index is 1.58. The van der Waals surface area contributed by atoms with Crippen LogP contribution in [0.3, 0.4) is 0 Å². The number of hydrogen-bond donors (Lipinski definition) is 1. The van der Waals surface area contributed by atoms with E-state index in [1.54, 1.807) is 11.1 Å². The Kier molecular flexibility index (Phi) is 12.3. The third-order valence-corrected chi connectivity index (χ3v) is 11.0. The summed E-state index contributed by atoms with van der Waals surface area (Å²) in [5.74, 6) is -0.513. The lowest BCUT2D eigenvalue weighted by molar-refractivity contribution is -0.385. The highest BCUT2D eigenvalue weighted by Gasteiger charge is 2.36. The topological polar surface area (TPSA) is 149 Å². The molecule has 2 saturated heterocycles. The van der Waals surface area contributed by atoms with Crippen LogP contribution in [-0.2, 0) is 19.6 Å². The van der Waals surface area contributed by atoms with Crippen LogP contribution in [0.25, 0.3) is 0 Å². The molecule has 0 bridgehead atoms. The number of carbonyl (C=O) groups is 2. The number of nitro benzene ring substituents is 1. The third-order valence-electron chi connectivity index (χ3n) is 9.11. The van der Waals surface area contributed by atoms with Gasteiger partial charge in [0.1, 0.15) is 4.90 Å². The Morgan fingerprint density at radius 1 is 0.936 bits per heavy atom. The lowest BCUT2D eigenvalue weighted by Gasteiger charge is -2.36. The average molecular weight is 670 g/mol. The van der Waals surface area contributed by atoms with Gasteiger partial charge in [0.25, 0.3) is 5.69 Å². The molecule has 0 unspecified atom stereocenters. The minimum Gasteiger partial charge on any atom is -0.370 e. The van der Waals surface area contributed by atoms with Gasteiger partial charge >= 0.3 is 0 Å².